The summed E-state index contributed by atoms with van der Waals surface area (Å²) in [7, 11) is 0. The van der Waals surface area contributed by atoms with Gasteiger partial charge in [-0.15, -0.1) is 0 Å². The summed E-state index contributed by atoms with van der Waals surface area (Å²) in [5, 5.41) is 7.52. The zero-order chi connectivity index (χ0) is 21.0. The molecule has 2 aromatic rings. The molecule has 8 nitrogen and oxygen atoms in total. The van der Waals surface area contributed by atoms with Crippen LogP contribution in [0, 0.1) is 0 Å². The van der Waals surface area contributed by atoms with Crippen molar-refractivity contribution in [1.29, 1.82) is 0 Å². The average Bonchev–Trinajstić information content (AvgIpc) is 3.18. The molecule has 0 radical (unpaired) electrons. The standard InChI is InChI=1S/C21H31N7O/c1-6-23-20(26-12-19(29)28(16(2)3)21(4,5)13-26)24-11-17-8-7-9-18(10-17)27-15-22-14-25-27/h7-10,14-16H,6,11-13H2,1-5H3,(H,23,24). The lowest BCUT2D eigenvalue weighted by molar-refractivity contribution is -0.145. The molecular weight excluding hydrogens is 366 g/mol. The number of guanidine groups is 1. The molecule has 0 saturated carbocycles. The molecule has 1 aromatic carbocycles. The van der Waals surface area contributed by atoms with Crippen molar-refractivity contribution < 1.29 is 4.79 Å². The normalized spacial score (nSPS) is 17.2. The van der Waals surface area contributed by atoms with E-state index in [1.807, 2.05) is 36.1 Å². The van der Waals surface area contributed by atoms with E-state index >= 15 is 0 Å². The Morgan fingerprint density at radius 3 is 2.76 bits per heavy atom. The zero-order valence-electron chi connectivity index (χ0n) is 18.0. The molecule has 8 heteroatoms. The van der Waals surface area contributed by atoms with Gasteiger partial charge in [0.15, 0.2) is 5.96 Å². The Hall–Kier alpha value is -2.90. The first kappa shape index (κ1) is 20.8. The van der Waals surface area contributed by atoms with E-state index in [1.54, 1.807) is 11.0 Å². The zero-order valence-corrected chi connectivity index (χ0v) is 18.0. The predicted octanol–water partition coefficient (Wildman–Crippen LogP) is 2.06. The Morgan fingerprint density at radius 1 is 1.34 bits per heavy atom. The van der Waals surface area contributed by atoms with Gasteiger partial charge in [0.25, 0.3) is 0 Å². The maximum atomic E-state index is 12.8. The van der Waals surface area contributed by atoms with Gasteiger partial charge in [-0.1, -0.05) is 12.1 Å². The van der Waals surface area contributed by atoms with Crippen LogP contribution < -0.4 is 5.32 Å². The van der Waals surface area contributed by atoms with Crippen LogP contribution in [0.1, 0.15) is 40.2 Å². The molecule has 1 N–H and O–H groups in total. The van der Waals surface area contributed by atoms with Crippen LogP contribution >= 0.6 is 0 Å². The van der Waals surface area contributed by atoms with Gasteiger partial charge < -0.3 is 15.1 Å². The summed E-state index contributed by atoms with van der Waals surface area (Å²) in [4.78, 5) is 25.7. The van der Waals surface area contributed by atoms with Crippen LogP contribution in [0.25, 0.3) is 5.69 Å². The van der Waals surface area contributed by atoms with Crippen LogP contribution in [0.4, 0.5) is 0 Å². The van der Waals surface area contributed by atoms with Crippen LogP contribution in [-0.2, 0) is 11.3 Å². The van der Waals surface area contributed by atoms with Crippen molar-refractivity contribution in [3.05, 3.63) is 42.5 Å². The Morgan fingerprint density at radius 2 is 2.14 bits per heavy atom. The van der Waals surface area contributed by atoms with E-state index in [9.17, 15) is 4.79 Å². The number of amides is 1. The highest BCUT2D eigenvalue weighted by Crippen LogP contribution is 2.24. The molecule has 1 saturated heterocycles. The number of aliphatic imine (C=N–C) groups is 1. The van der Waals surface area contributed by atoms with Crippen molar-refractivity contribution in [1.82, 2.24) is 29.9 Å². The van der Waals surface area contributed by atoms with Gasteiger partial charge in [-0.05, 0) is 52.3 Å². The second-order valence-electron chi connectivity index (χ2n) is 8.21. The minimum atomic E-state index is -0.257. The molecule has 156 valence electrons. The number of rotatable bonds is 5. The summed E-state index contributed by atoms with van der Waals surface area (Å²) < 4.78 is 1.73. The largest absolute Gasteiger partial charge is 0.356 e. The van der Waals surface area contributed by atoms with E-state index in [-0.39, 0.29) is 17.5 Å². The second-order valence-corrected chi connectivity index (χ2v) is 8.21. The average molecular weight is 398 g/mol. The lowest BCUT2D eigenvalue weighted by Crippen LogP contribution is -2.66. The summed E-state index contributed by atoms with van der Waals surface area (Å²) in [5.41, 5.74) is 1.76. The van der Waals surface area contributed by atoms with Gasteiger partial charge in [-0.2, -0.15) is 5.10 Å². The minimum absolute atomic E-state index is 0.134. The molecule has 3 rings (SSSR count). The molecule has 0 unspecified atom stereocenters. The number of hydrogen-bond acceptors (Lipinski definition) is 4. The van der Waals surface area contributed by atoms with Crippen molar-refractivity contribution in [2.24, 2.45) is 4.99 Å². The SMILES string of the molecule is CCNC(=NCc1cccc(-n2cncn2)c1)N1CC(=O)N(C(C)C)C(C)(C)C1. The molecule has 0 aliphatic carbocycles. The van der Waals surface area contributed by atoms with Crippen LogP contribution in [0.5, 0.6) is 0 Å². The first-order valence-corrected chi connectivity index (χ1v) is 10.1. The first-order chi connectivity index (χ1) is 13.8. The predicted molar refractivity (Wildman–Crippen MR) is 114 cm³/mol. The molecule has 2 heterocycles. The Balaban J connectivity index is 1.79. The first-order valence-electron chi connectivity index (χ1n) is 10.1. The summed E-state index contributed by atoms with van der Waals surface area (Å²) in [5.74, 6) is 0.901. The van der Waals surface area contributed by atoms with Gasteiger partial charge in [-0.3, -0.25) is 4.79 Å². The van der Waals surface area contributed by atoms with Crippen LogP contribution in [0.15, 0.2) is 41.9 Å². The third-order valence-electron chi connectivity index (χ3n) is 4.98. The Bertz CT molecular complexity index is 858. The highest BCUT2D eigenvalue weighted by molar-refractivity contribution is 5.88. The fourth-order valence-corrected chi connectivity index (χ4v) is 4.04. The van der Waals surface area contributed by atoms with Gasteiger partial charge in [0, 0.05) is 19.1 Å². The molecule has 0 bridgehead atoms. The van der Waals surface area contributed by atoms with Crippen molar-refractivity contribution in [2.75, 3.05) is 19.6 Å². The smallest absolute Gasteiger partial charge is 0.242 e. The Kier molecular flexibility index (Phi) is 6.20. The molecule has 1 fully saturated rings. The van der Waals surface area contributed by atoms with Crippen molar-refractivity contribution in [3.63, 3.8) is 0 Å². The molecule has 0 spiro atoms. The maximum absolute atomic E-state index is 12.8. The third kappa shape index (κ3) is 4.75. The molecule has 1 aliphatic heterocycles. The second kappa shape index (κ2) is 8.63. The fraction of sp³-hybridized carbons (Fsp3) is 0.524. The van der Waals surface area contributed by atoms with Crippen LogP contribution in [0.2, 0.25) is 0 Å². The van der Waals surface area contributed by atoms with Gasteiger partial charge in [-0.25, -0.2) is 14.7 Å². The number of nitrogens with zero attached hydrogens (tertiary/aromatic N) is 6. The van der Waals surface area contributed by atoms with E-state index < -0.39 is 0 Å². The van der Waals surface area contributed by atoms with E-state index in [0.29, 0.717) is 13.1 Å². The minimum Gasteiger partial charge on any atom is -0.356 e. The number of hydrogen-bond donors (Lipinski definition) is 1. The summed E-state index contributed by atoms with van der Waals surface area (Å²) in [6.07, 6.45) is 3.19. The Labute approximate surface area is 172 Å². The molecular formula is C21H31N7O. The maximum Gasteiger partial charge on any atom is 0.242 e. The highest BCUT2D eigenvalue weighted by atomic mass is 16.2. The third-order valence-corrected chi connectivity index (χ3v) is 4.98. The molecule has 29 heavy (non-hydrogen) atoms. The number of carbonyl (C=O) groups is 1. The highest BCUT2D eigenvalue weighted by Gasteiger charge is 2.40. The van der Waals surface area contributed by atoms with E-state index in [2.05, 4.69) is 48.0 Å². The van der Waals surface area contributed by atoms with Crippen molar-refractivity contribution >= 4 is 11.9 Å². The number of carbonyl (C=O) groups excluding carboxylic acids is 1. The molecule has 0 atom stereocenters. The molecule has 1 aromatic heterocycles. The van der Waals surface area contributed by atoms with E-state index in [1.165, 1.54) is 6.33 Å². The van der Waals surface area contributed by atoms with Gasteiger partial charge >= 0.3 is 0 Å². The fourth-order valence-electron chi connectivity index (χ4n) is 4.04. The summed E-state index contributed by atoms with van der Waals surface area (Å²) in [6.45, 7) is 12.7. The summed E-state index contributed by atoms with van der Waals surface area (Å²) in [6, 6.07) is 8.24. The number of nitrogens with one attached hydrogen (secondary N) is 1. The van der Waals surface area contributed by atoms with Crippen LogP contribution in [0.3, 0.4) is 0 Å². The topological polar surface area (TPSA) is 78.6 Å². The van der Waals surface area contributed by atoms with Crippen molar-refractivity contribution in [2.45, 2.75) is 52.7 Å². The quantitative estimate of drug-likeness (QED) is 0.617. The lowest BCUT2D eigenvalue weighted by atomic mass is 9.96. The lowest BCUT2D eigenvalue weighted by Gasteiger charge is -2.49. The summed E-state index contributed by atoms with van der Waals surface area (Å²) >= 11 is 0. The number of aromatic nitrogens is 3. The number of benzene rings is 1. The van der Waals surface area contributed by atoms with Crippen LogP contribution in [-0.4, -0.2) is 67.6 Å². The van der Waals surface area contributed by atoms with E-state index in [0.717, 1.165) is 30.3 Å². The van der Waals surface area contributed by atoms with Gasteiger partial charge in [0.05, 0.1) is 24.3 Å². The van der Waals surface area contributed by atoms with E-state index in [4.69, 9.17) is 4.99 Å². The van der Waals surface area contributed by atoms with Crippen molar-refractivity contribution in [3.8, 4) is 5.69 Å². The molecule has 1 amide bonds. The number of piperazine rings is 1. The van der Waals surface area contributed by atoms with Gasteiger partial charge in [0.2, 0.25) is 5.91 Å². The monoisotopic (exact) mass is 397 g/mol. The van der Waals surface area contributed by atoms with Gasteiger partial charge in [0.1, 0.15) is 12.7 Å². The molecule has 1 aliphatic rings.